The SMILES string of the molecule is CCCC(Oc1ccc2ccc(=O)[nH]c2c1)N1CCN(c2cccc3sccc23)CC1.Cl. The zero-order valence-electron chi connectivity index (χ0n) is 18.1. The lowest BCUT2D eigenvalue weighted by Crippen LogP contribution is -2.52. The molecule has 4 aromatic rings. The number of rotatable bonds is 6. The lowest BCUT2D eigenvalue weighted by molar-refractivity contribution is 0.0146. The van der Waals surface area contributed by atoms with Gasteiger partial charge in [0.05, 0.1) is 5.52 Å². The average molecular weight is 470 g/mol. The molecule has 0 spiro atoms. The largest absolute Gasteiger partial charge is 0.475 e. The van der Waals surface area contributed by atoms with Gasteiger partial charge in [0.25, 0.3) is 0 Å². The number of benzene rings is 2. The lowest BCUT2D eigenvalue weighted by atomic mass is 10.1. The number of aromatic nitrogens is 1. The topological polar surface area (TPSA) is 48.6 Å². The predicted octanol–water partition coefficient (Wildman–Crippen LogP) is 5.49. The van der Waals surface area contributed by atoms with Crippen LogP contribution in [0, 0.1) is 0 Å². The Bertz CT molecular complexity index is 1250. The fourth-order valence-electron chi connectivity index (χ4n) is 4.43. The minimum absolute atomic E-state index is 0. The molecule has 2 aromatic heterocycles. The van der Waals surface area contributed by atoms with Crippen molar-refractivity contribution in [2.45, 2.75) is 26.0 Å². The van der Waals surface area contributed by atoms with Gasteiger partial charge in [-0.05, 0) is 53.6 Å². The molecular formula is C25H28ClN3O2S. The second kappa shape index (κ2) is 9.94. The second-order valence-corrected chi connectivity index (χ2v) is 9.01. The molecule has 1 N–H and O–H groups in total. The van der Waals surface area contributed by atoms with Crippen molar-refractivity contribution in [3.8, 4) is 5.75 Å². The van der Waals surface area contributed by atoms with E-state index in [4.69, 9.17) is 4.74 Å². The first-order valence-corrected chi connectivity index (χ1v) is 11.8. The maximum Gasteiger partial charge on any atom is 0.248 e. The van der Waals surface area contributed by atoms with E-state index in [-0.39, 0.29) is 24.2 Å². The van der Waals surface area contributed by atoms with E-state index < -0.39 is 0 Å². The normalized spacial score (nSPS) is 15.6. The number of nitrogens with one attached hydrogen (secondary N) is 1. The van der Waals surface area contributed by atoms with Gasteiger partial charge in [0.2, 0.25) is 5.56 Å². The van der Waals surface area contributed by atoms with Crippen LogP contribution in [0.25, 0.3) is 21.0 Å². The number of halogens is 1. The fraction of sp³-hybridized carbons (Fsp3) is 0.320. The van der Waals surface area contributed by atoms with Gasteiger partial charge in [0, 0.05) is 54.1 Å². The average Bonchev–Trinajstić information content (AvgIpc) is 3.28. The van der Waals surface area contributed by atoms with E-state index in [0.29, 0.717) is 0 Å². The van der Waals surface area contributed by atoms with Crippen molar-refractivity contribution in [3.05, 3.63) is 70.3 Å². The molecule has 5 nitrogen and oxygen atoms in total. The van der Waals surface area contributed by atoms with Gasteiger partial charge < -0.3 is 14.6 Å². The zero-order valence-corrected chi connectivity index (χ0v) is 19.8. The summed E-state index contributed by atoms with van der Waals surface area (Å²) in [5.41, 5.74) is 2.06. The molecule has 5 rings (SSSR count). The number of H-pyrrole nitrogens is 1. The summed E-state index contributed by atoms with van der Waals surface area (Å²) >= 11 is 1.80. The molecule has 32 heavy (non-hydrogen) atoms. The smallest absolute Gasteiger partial charge is 0.248 e. The Labute approximate surface area is 198 Å². The van der Waals surface area contributed by atoms with Gasteiger partial charge in [-0.3, -0.25) is 9.69 Å². The van der Waals surface area contributed by atoms with Crippen LogP contribution in [0.3, 0.4) is 0 Å². The third-order valence-electron chi connectivity index (χ3n) is 6.04. The van der Waals surface area contributed by atoms with Crippen molar-refractivity contribution < 1.29 is 4.74 Å². The van der Waals surface area contributed by atoms with E-state index in [1.165, 1.54) is 15.8 Å². The molecule has 0 amide bonds. The minimum atomic E-state index is -0.0912. The number of hydrogen-bond donors (Lipinski definition) is 1. The van der Waals surface area contributed by atoms with Gasteiger partial charge in [0.1, 0.15) is 5.75 Å². The standard InChI is InChI=1S/C25H27N3O2S.ClH/c1-2-4-25(30-19-9-7-18-8-10-24(29)26-21(18)17-19)28-14-12-27(13-15-28)22-5-3-6-23-20(22)11-16-31-23;/h3,5-11,16-17,25H,2,4,12-15H2,1H3,(H,26,29);1H. The molecule has 0 radical (unpaired) electrons. The van der Waals surface area contributed by atoms with Gasteiger partial charge in [-0.25, -0.2) is 0 Å². The Hall–Kier alpha value is -2.54. The molecule has 7 heteroatoms. The molecule has 1 aliphatic rings. The van der Waals surface area contributed by atoms with Crippen molar-refractivity contribution in [1.29, 1.82) is 0 Å². The summed E-state index contributed by atoms with van der Waals surface area (Å²) in [6.07, 6.45) is 2.07. The number of anilines is 1. The van der Waals surface area contributed by atoms with E-state index in [1.54, 1.807) is 17.4 Å². The van der Waals surface area contributed by atoms with Crippen molar-refractivity contribution in [3.63, 3.8) is 0 Å². The molecule has 1 unspecified atom stereocenters. The first kappa shape index (κ1) is 22.6. The maximum atomic E-state index is 11.7. The van der Waals surface area contributed by atoms with Crippen LogP contribution in [0.15, 0.2) is 64.8 Å². The van der Waals surface area contributed by atoms with Gasteiger partial charge in [-0.2, -0.15) is 0 Å². The third kappa shape index (κ3) is 4.63. The first-order valence-electron chi connectivity index (χ1n) is 11.0. The molecule has 0 saturated carbocycles. The van der Waals surface area contributed by atoms with Crippen LogP contribution in [-0.4, -0.2) is 42.3 Å². The zero-order chi connectivity index (χ0) is 21.2. The Kier molecular flexibility index (Phi) is 7.04. The number of nitrogens with zero attached hydrogens (tertiary/aromatic N) is 2. The van der Waals surface area contributed by atoms with Gasteiger partial charge in [-0.1, -0.05) is 19.4 Å². The van der Waals surface area contributed by atoms with E-state index >= 15 is 0 Å². The Balaban J connectivity index is 0.00000245. The minimum Gasteiger partial charge on any atom is -0.475 e. The van der Waals surface area contributed by atoms with E-state index in [1.807, 2.05) is 24.3 Å². The molecule has 1 atom stereocenters. The molecule has 0 aliphatic carbocycles. The molecule has 1 fully saturated rings. The lowest BCUT2D eigenvalue weighted by Gasteiger charge is -2.40. The number of pyridine rings is 1. The molecule has 168 valence electrons. The fourth-order valence-corrected chi connectivity index (χ4v) is 5.23. The van der Waals surface area contributed by atoms with Crippen LogP contribution >= 0.6 is 23.7 Å². The summed E-state index contributed by atoms with van der Waals surface area (Å²) in [6, 6.07) is 18.2. The highest BCUT2D eigenvalue weighted by atomic mass is 35.5. The predicted molar refractivity (Wildman–Crippen MR) is 137 cm³/mol. The van der Waals surface area contributed by atoms with Crippen LogP contribution in [0.2, 0.25) is 0 Å². The van der Waals surface area contributed by atoms with E-state index in [2.05, 4.69) is 51.4 Å². The highest BCUT2D eigenvalue weighted by molar-refractivity contribution is 7.17. The van der Waals surface area contributed by atoms with Crippen molar-refractivity contribution in [2.24, 2.45) is 0 Å². The third-order valence-corrected chi connectivity index (χ3v) is 6.92. The number of piperazine rings is 1. The van der Waals surface area contributed by atoms with Gasteiger partial charge in [-0.15, -0.1) is 23.7 Å². The molecule has 1 aliphatic heterocycles. The molecule has 1 saturated heterocycles. The van der Waals surface area contributed by atoms with Gasteiger partial charge in [0.15, 0.2) is 6.23 Å². The first-order chi connectivity index (χ1) is 15.2. The summed E-state index contributed by atoms with van der Waals surface area (Å²) in [7, 11) is 0. The molecule has 3 heterocycles. The number of fused-ring (bicyclic) bond motifs is 2. The molecule has 0 bridgehead atoms. The van der Waals surface area contributed by atoms with Crippen molar-refractivity contribution >= 4 is 50.4 Å². The second-order valence-electron chi connectivity index (χ2n) is 8.07. The van der Waals surface area contributed by atoms with E-state index in [9.17, 15) is 4.79 Å². The summed E-state index contributed by atoms with van der Waals surface area (Å²) in [4.78, 5) is 19.5. The summed E-state index contributed by atoms with van der Waals surface area (Å²) in [6.45, 7) is 6.11. The quantitative estimate of drug-likeness (QED) is 0.405. The highest BCUT2D eigenvalue weighted by Crippen LogP contribution is 2.31. The van der Waals surface area contributed by atoms with Gasteiger partial charge >= 0.3 is 0 Å². The number of ether oxygens (including phenoxy) is 1. The van der Waals surface area contributed by atoms with Crippen LogP contribution in [0.5, 0.6) is 5.75 Å². The Morgan fingerprint density at radius 1 is 1.06 bits per heavy atom. The number of aromatic amines is 1. The monoisotopic (exact) mass is 469 g/mol. The van der Waals surface area contributed by atoms with E-state index in [0.717, 1.165) is 55.7 Å². The van der Waals surface area contributed by atoms with Crippen LogP contribution < -0.4 is 15.2 Å². The Morgan fingerprint density at radius 2 is 1.88 bits per heavy atom. The number of hydrogen-bond acceptors (Lipinski definition) is 5. The summed E-state index contributed by atoms with van der Waals surface area (Å²) < 4.78 is 7.78. The van der Waals surface area contributed by atoms with Crippen LogP contribution in [0.4, 0.5) is 5.69 Å². The summed E-state index contributed by atoms with van der Waals surface area (Å²) in [5, 5.41) is 4.54. The van der Waals surface area contributed by atoms with Crippen molar-refractivity contribution in [2.75, 3.05) is 31.1 Å². The maximum absolute atomic E-state index is 11.7. The Morgan fingerprint density at radius 3 is 2.69 bits per heavy atom. The number of thiophene rings is 1. The summed E-state index contributed by atoms with van der Waals surface area (Å²) in [5.74, 6) is 0.804. The highest BCUT2D eigenvalue weighted by Gasteiger charge is 2.25. The van der Waals surface area contributed by atoms with Crippen molar-refractivity contribution in [1.82, 2.24) is 9.88 Å². The molecular weight excluding hydrogens is 442 g/mol. The molecule has 2 aromatic carbocycles. The van der Waals surface area contributed by atoms with Crippen LogP contribution in [0.1, 0.15) is 19.8 Å². The van der Waals surface area contributed by atoms with Crippen LogP contribution in [-0.2, 0) is 0 Å².